The second kappa shape index (κ2) is 5.75. The van der Waals surface area contributed by atoms with Gasteiger partial charge in [-0.25, -0.2) is 4.68 Å². The zero-order valence-electron chi connectivity index (χ0n) is 14.0. The molecule has 0 fully saturated rings. The molecule has 0 bridgehead atoms. The number of Topliss-reactive ketones (excluding diaryl/α,β-unsaturated/α-hetero) is 1. The first kappa shape index (κ1) is 14.9. The highest BCUT2D eigenvalue weighted by Gasteiger charge is 2.30. The van der Waals surface area contributed by atoms with E-state index in [1.807, 2.05) is 16.8 Å². The number of carbonyl (C=O) groups is 1. The van der Waals surface area contributed by atoms with E-state index in [0.29, 0.717) is 6.42 Å². The minimum absolute atomic E-state index is 0.195. The molecule has 3 aromatic rings. The van der Waals surface area contributed by atoms with Crippen LogP contribution in [0.2, 0.25) is 0 Å². The number of fused-ring (bicyclic) bond motifs is 1. The molecule has 0 saturated carbocycles. The average Bonchev–Trinajstić information content (AvgIpc) is 3.00. The van der Waals surface area contributed by atoms with E-state index in [-0.39, 0.29) is 11.7 Å². The third-order valence-corrected chi connectivity index (χ3v) is 4.84. The maximum atomic E-state index is 12.6. The highest BCUT2D eigenvalue weighted by Crippen LogP contribution is 2.33. The normalized spacial score (nSPS) is 16.9. The van der Waals surface area contributed by atoms with Crippen LogP contribution in [0.5, 0.6) is 0 Å². The van der Waals surface area contributed by atoms with Gasteiger partial charge in [0.1, 0.15) is 0 Å². The van der Waals surface area contributed by atoms with Crippen LogP contribution in [-0.2, 0) is 6.42 Å². The van der Waals surface area contributed by atoms with Crippen molar-refractivity contribution in [3.05, 3.63) is 82.7 Å². The molecule has 24 heavy (non-hydrogen) atoms. The molecule has 1 aromatic heterocycles. The van der Waals surface area contributed by atoms with Gasteiger partial charge >= 0.3 is 0 Å². The number of aryl methyl sites for hydroxylation is 2. The zero-order valence-corrected chi connectivity index (χ0v) is 14.0. The standard InChI is InChI=1S/C21H20N2O/c1-14-6-8-16(9-7-14)17-11-20-19(21(24)12-17)13-22-23(20)18-5-3-4-15(2)10-18/h3-10,13,17H,11-12H2,1-2H3/t17-/m1/s1. The van der Waals surface area contributed by atoms with Crippen LogP contribution in [0.15, 0.2) is 54.7 Å². The Kier molecular flexibility index (Phi) is 3.57. The van der Waals surface area contributed by atoms with Crippen molar-refractivity contribution in [2.75, 3.05) is 0 Å². The molecule has 1 aliphatic rings. The average molecular weight is 316 g/mol. The number of rotatable bonds is 2. The zero-order chi connectivity index (χ0) is 16.7. The summed E-state index contributed by atoms with van der Waals surface area (Å²) in [5.41, 5.74) is 6.49. The summed E-state index contributed by atoms with van der Waals surface area (Å²) in [6.07, 6.45) is 3.14. The number of hydrogen-bond acceptors (Lipinski definition) is 2. The van der Waals surface area contributed by atoms with Crippen LogP contribution in [0.4, 0.5) is 0 Å². The minimum Gasteiger partial charge on any atom is -0.294 e. The first-order valence-electron chi connectivity index (χ1n) is 8.35. The van der Waals surface area contributed by atoms with E-state index in [4.69, 9.17) is 0 Å². The molecule has 4 rings (SSSR count). The predicted octanol–water partition coefficient (Wildman–Crippen LogP) is 4.40. The van der Waals surface area contributed by atoms with E-state index >= 15 is 0 Å². The molecule has 0 amide bonds. The summed E-state index contributed by atoms with van der Waals surface area (Å²) in [5.74, 6) is 0.423. The molecular weight excluding hydrogens is 296 g/mol. The molecule has 1 aliphatic carbocycles. The van der Waals surface area contributed by atoms with Crippen molar-refractivity contribution >= 4 is 5.78 Å². The lowest BCUT2D eigenvalue weighted by atomic mass is 9.82. The quantitative estimate of drug-likeness (QED) is 0.702. The van der Waals surface area contributed by atoms with Crippen LogP contribution in [0, 0.1) is 13.8 Å². The van der Waals surface area contributed by atoms with Crippen LogP contribution in [0.3, 0.4) is 0 Å². The highest BCUT2D eigenvalue weighted by atomic mass is 16.1. The lowest BCUT2D eigenvalue weighted by Crippen LogP contribution is -2.20. The summed E-state index contributed by atoms with van der Waals surface area (Å²) in [4.78, 5) is 12.6. The Morgan fingerprint density at radius 2 is 1.79 bits per heavy atom. The van der Waals surface area contributed by atoms with E-state index in [9.17, 15) is 4.79 Å². The Hall–Kier alpha value is -2.68. The number of hydrogen-bond donors (Lipinski definition) is 0. The minimum atomic E-state index is 0.195. The molecular formula is C21H20N2O. The summed E-state index contributed by atoms with van der Waals surface area (Å²) < 4.78 is 1.93. The maximum Gasteiger partial charge on any atom is 0.166 e. The van der Waals surface area contributed by atoms with E-state index in [2.05, 4.69) is 55.3 Å². The Bertz CT molecular complexity index is 906. The van der Waals surface area contributed by atoms with Crippen LogP contribution < -0.4 is 0 Å². The number of aromatic nitrogens is 2. The molecule has 1 atom stereocenters. The van der Waals surface area contributed by atoms with Crippen molar-refractivity contribution < 1.29 is 4.79 Å². The molecule has 0 N–H and O–H groups in total. The first-order chi connectivity index (χ1) is 11.6. The second-order valence-electron chi connectivity index (χ2n) is 6.69. The lowest BCUT2D eigenvalue weighted by Gasteiger charge is -2.23. The fourth-order valence-corrected chi connectivity index (χ4v) is 3.50. The summed E-state index contributed by atoms with van der Waals surface area (Å²) in [7, 11) is 0. The number of ketones is 1. The molecule has 2 aromatic carbocycles. The van der Waals surface area contributed by atoms with Crippen LogP contribution in [0.1, 0.15) is 45.1 Å². The SMILES string of the molecule is Cc1ccc([C@H]2CC(=O)c3cnn(-c4cccc(C)c4)c3C2)cc1. The number of benzene rings is 2. The molecule has 0 saturated heterocycles. The van der Waals surface area contributed by atoms with E-state index in [0.717, 1.165) is 23.4 Å². The third-order valence-electron chi connectivity index (χ3n) is 4.84. The molecule has 0 radical (unpaired) electrons. The molecule has 120 valence electrons. The monoisotopic (exact) mass is 316 g/mol. The Balaban J connectivity index is 1.75. The Morgan fingerprint density at radius 3 is 2.54 bits per heavy atom. The van der Waals surface area contributed by atoms with Gasteiger partial charge in [-0.2, -0.15) is 5.10 Å². The van der Waals surface area contributed by atoms with Gasteiger partial charge in [0.25, 0.3) is 0 Å². The van der Waals surface area contributed by atoms with Crippen LogP contribution in [-0.4, -0.2) is 15.6 Å². The molecule has 0 aliphatic heterocycles. The van der Waals surface area contributed by atoms with Crippen LogP contribution in [0.25, 0.3) is 5.69 Å². The van der Waals surface area contributed by atoms with Gasteiger partial charge in [-0.15, -0.1) is 0 Å². The van der Waals surface area contributed by atoms with Crippen molar-refractivity contribution in [3.8, 4) is 5.69 Å². The van der Waals surface area contributed by atoms with Crippen LogP contribution >= 0.6 is 0 Å². The Morgan fingerprint density at radius 1 is 1.00 bits per heavy atom. The third kappa shape index (κ3) is 2.56. The van der Waals surface area contributed by atoms with Crippen molar-refractivity contribution in [2.45, 2.75) is 32.6 Å². The maximum absolute atomic E-state index is 12.6. The summed E-state index contributed by atoms with van der Waals surface area (Å²) in [6, 6.07) is 16.8. The van der Waals surface area contributed by atoms with Crippen molar-refractivity contribution in [1.82, 2.24) is 9.78 Å². The molecule has 3 heteroatoms. The van der Waals surface area contributed by atoms with Gasteiger partial charge in [-0.1, -0.05) is 42.0 Å². The largest absolute Gasteiger partial charge is 0.294 e. The van der Waals surface area contributed by atoms with E-state index in [1.54, 1.807) is 6.20 Å². The number of carbonyl (C=O) groups excluding carboxylic acids is 1. The van der Waals surface area contributed by atoms with Gasteiger partial charge in [0.15, 0.2) is 5.78 Å². The van der Waals surface area contributed by atoms with Crippen molar-refractivity contribution in [2.24, 2.45) is 0 Å². The highest BCUT2D eigenvalue weighted by molar-refractivity contribution is 5.98. The lowest BCUT2D eigenvalue weighted by molar-refractivity contribution is 0.0964. The summed E-state index contributed by atoms with van der Waals surface area (Å²) in [5, 5.41) is 4.50. The molecule has 0 unspecified atom stereocenters. The molecule has 0 spiro atoms. The number of nitrogens with zero attached hydrogens (tertiary/aromatic N) is 2. The van der Waals surface area contributed by atoms with Gasteiger partial charge in [-0.3, -0.25) is 4.79 Å². The topological polar surface area (TPSA) is 34.9 Å². The second-order valence-corrected chi connectivity index (χ2v) is 6.69. The van der Waals surface area contributed by atoms with Gasteiger partial charge in [0.05, 0.1) is 23.1 Å². The first-order valence-corrected chi connectivity index (χ1v) is 8.35. The molecule has 1 heterocycles. The predicted molar refractivity (Wildman–Crippen MR) is 94.9 cm³/mol. The summed E-state index contributed by atoms with van der Waals surface area (Å²) >= 11 is 0. The van der Waals surface area contributed by atoms with Gasteiger partial charge < -0.3 is 0 Å². The van der Waals surface area contributed by atoms with E-state index in [1.165, 1.54) is 16.7 Å². The van der Waals surface area contributed by atoms with Gasteiger partial charge in [0, 0.05) is 6.42 Å². The summed E-state index contributed by atoms with van der Waals surface area (Å²) in [6.45, 7) is 4.15. The smallest absolute Gasteiger partial charge is 0.166 e. The molecule has 3 nitrogen and oxygen atoms in total. The van der Waals surface area contributed by atoms with Gasteiger partial charge in [0.2, 0.25) is 0 Å². The van der Waals surface area contributed by atoms with Crippen molar-refractivity contribution in [3.63, 3.8) is 0 Å². The fourth-order valence-electron chi connectivity index (χ4n) is 3.50. The van der Waals surface area contributed by atoms with E-state index < -0.39 is 0 Å². The Labute approximate surface area is 141 Å². The van der Waals surface area contributed by atoms with Crippen molar-refractivity contribution in [1.29, 1.82) is 0 Å². The fraction of sp³-hybridized carbons (Fsp3) is 0.238. The van der Waals surface area contributed by atoms with Gasteiger partial charge in [-0.05, 0) is 49.4 Å².